The van der Waals surface area contributed by atoms with Crippen LogP contribution in [0.1, 0.15) is 5.56 Å². The molecule has 0 aromatic heterocycles. The molecule has 2 nitrogen and oxygen atoms in total. The van der Waals surface area contributed by atoms with E-state index < -0.39 is 0 Å². The van der Waals surface area contributed by atoms with E-state index >= 15 is 0 Å². The molecular formula is C10H16O2Si. The number of aryl methyl sites for hydroxylation is 1. The molecule has 1 aromatic rings. The molecule has 1 rings (SSSR count). The lowest BCUT2D eigenvalue weighted by Gasteiger charge is -2.08. The van der Waals surface area contributed by atoms with Crippen molar-refractivity contribution in [3.05, 3.63) is 23.8 Å². The van der Waals surface area contributed by atoms with Crippen LogP contribution in [0.15, 0.2) is 18.2 Å². The molecule has 13 heavy (non-hydrogen) atoms. The molecule has 1 aromatic carbocycles. The average Bonchev–Trinajstić information content (AvgIpc) is 2.19. The van der Waals surface area contributed by atoms with Gasteiger partial charge in [-0.2, -0.15) is 0 Å². The van der Waals surface area contributed by atoms with E-state index in [2.05, 4.69) is 6.07 Å². The van der Waals surface area contributed by atoms with Crippen LogP contribution in [0.5, 0.6) is 11.5 Å². The molecule has 0 aliphatic heterocycles. The van der Waals surface area contributed by atoms with Crippen LogP contribution < -0.4 is 9.47 Å². The summed E-state index contributed by atoms with van der Waals surface area (Å²) in [6.07, 6.45) is 1.11. The molecule has 0 unspecified atom stereocenters. The zero-order chi connectivity index (χ0) is 9.68. The van der Waals surface area contributed by atoms with Gasteiger partial charge in [0.15, 0.2) is 0 Å². The second-order valence-electron chi connectivity index (χ2n) is 2.93. The maximum atomic E-state index is 5.28. The summed E-state index contributed by atoms with van der Waals surface area (Å²) < 4.78 is 10.4. The van der Waals surface area contributed by atoms with Crippen molar-refractivity contribution in [2.24, 2.45) is 0 Å². The van der Waals surface area contributed by atoms with Crippen LogP contribution in [0.2, 0.25) is 6.04 Å². The number of hydrogen-bond donors (Lipinski definition) is 0. The van der Waals surface area contributed by atoms with Crippen LogP contribution in [0.4, 0.5) is 0 Å². The third kappa shape index (κ3) is 2.49. The van der Waals surface area contributed by atoms with Gasteiger partial charge in [0.25, 0.3) is 0 Å². The van der Waals surface area contributed by atoms with E-state index in [0.717, 1.165) is 17.9 Å². The Morgan fingerprint density at radius 2 is 2.00 bits per heavy atom. The molecule has 0 radical (unpaired) electrons. The Morgan fingerprint density at radius 1 is 1.23 bits per heavy atom. The topological polar surface area (TPSA) is 18.5 Å². The fraction of sp³-hybridized carbons (Fsp3) is 0.400. The predicted molar refractivity (Wildman–Crippen MR) is 58.0 cm³/mol. The maximum absolute atomic E-state index is 5.28. The molecular weight excluding hydrogens is 180 g/mol. The maximum Gasteiger partial charge on any atom is 0.125 e. The second-order valence-corrected chi connectivity index (χ2v) is 3.93. The first-order chi connectivity index (χ1) is 6.31. The molecule has 3 heteroatoms. The van der Waals surface area contributed by atoms with Gasteiger partial charge in [-0.25, -0.2) is 0 Å². The van der Waals surface area contributed by atoms with Crippen LogP contribution in [-0.4, -0.2) is 24.5 Å². The van der Waals surface area contributed by atoms with Gasteiger partial charge in [0.2, 0.25) is 0 Å². The standard InChI is InChI=1S/C10H16O2Si/c1-11-9-4-3-8(5-6-13)10(7-9)12-2/h3-4,7H,5-6H2,1-2,13H3. The molecule has 0 heterocycles. The molecule has 0 aliphatic carbocycles. The average molecular weight is 196 g/mol. The first-order valence-electron chi connectivity index (χ1n) is 4.52. The fourth-order valence-electron chi connectivity index (χ4n) is 1.33. The fourth-order valence-corrected chi connectivity index (χ4v) is 1.87. The Kier molecular flexibility index (Phi) is 3.83. The smallest absolute Gasteiger partial charge is 0.125 e. The van der Waals surface area contributed by atoms with Crippen molar-refractivity contribution in [2.75, 3.05) is 14.2 Å². The van der Waals surface area contributed by atoms with E-state index in [1.165, 1.54) is 21.9 Å². The van der Waals surface area contributed by atoms with Crippen molar-refractivity contribution in [2.45, 2.75) is 12.5 Å². The van der Waals surface area contributed by atoms with Crippen LogP contribution in [0.25, 0.3) is 0 Å². The Morgan fingerprint density at radius 3 is 2.54 bits per heavy atom. The summed E-state index contributed by atoms with van der Waals surface area (Å²) in [6.45, 7) is 0. The minimum atomic E-state index is 0.856. The molecule has 0 atom stereocenters. The van der Waals surface area contributed by atoms with E-state index in [1.807, 2.05) is 12.1 Å². The van der Waals surface area contributed by atoms with Crippen LogP contribution in [-0.2, 0) is 6.42 Å². The largest absolute Gasteiger partial charge is 0.497 e. The lowest BCUT2D eigenvalue weighted by molar-refractivity contribution is 0.391. The predicted octanol–water partition coefficient (Wildman–Crippen LogP) is 1.03. The van der Waals surface area contributed by atoms with Gasteiger partial charge < -0.3 is 9.47 Å². The molecule has 0 aliphatic rings. The minimum absolute atomic E-state index is 0.856. The van der Waals surface area contributed by atoms with Crippen molar-refractivity contribution in [1.82, 2.24) is 0 Å². The summed E-state index contributed by atoms with van der Waals surface area (Å²) in [6, 6.07) is 7.26. The van der Waals surface area contributed by atoms with Crippen molar-refractivity contribution in [3.63, 3.8) is 0 Å². The van der Waals surface area contributed by atoms with Gasteiger partial charge in [0.05, 0.1) is 14.2 Å². The molecule has 0 fully saturated rings. The Bertz CT molecular complexity index is 274. The molecule has 0 saturated carbocycles. The second kappa shape index (κ2) is 4.92. The number of hydrogen-bond acceptors (Lipinski definition) is 2. The lowest BCUT2D eigenvalue weighted by Crippen LogP contribution is -1.93. The van der Waals surface area contributed by atoms with Gasteiger partial charge in [-0.05, 0) is 18.1 Å². The summed E-state index contributed by atoms with van der Waals surface area (Å²) in [5.74, 6) is 1.80. The zero-order valence-electron chi connectivity index (χ0n) is 8.46. The number of benzene rings is 1. The number of ether oxygens (including phenoxy) is 2. The number of rotatable bonds is 4. The van der Waals surface area contributed by atoms with Crippen molar-refractivity contribution >= 4 is 10.2 Å². The molecule has 72 valence electrons. The molecule has 0 saturated heterocycles. The van der Waals surface area contributed by atoms with E-state index in [4.69, 9.17) is 9.47 Å². The van der Waals surface area contributed by atoms with E-state index in [9.17, 15) is 0 Å². The highest BCUT2D eigenvalue weighted by molar-refractivity contribution is 6.08. The summed E-state index contributed by atoms with van der Waals surface area (Å²) in [5.41, 5.74) is 1.28. The minimum Gasteiger partial charge on any atom is -0.497 e. The first-order valence-corrected chi connectivity index (χ1v) is 5.94. The van der Waals surface area contributed by atoms with E-state index in [-0.39, 0.29) is 0 Å². The normalized spacial score (nSPS) is 10.0. The summed E-state index contributed by atoms with van der Waals surface area (Å²) in [5, 5.41) is 0. The lowest BCUT2D eigenvalue weighted by atomic mass is 10.1. The van der Waals surface area contributed by atoms with Gasteiger partial charge >= 0.3 is 0 Å². The van der Waals surface area contributed by atoms with Gasteiger partial charge in [-0.15, -0.1) is 0 Å². The van der Waals surface area contributed by atoms with Gasteiger partial charge in [-0.3, -0.25) is 0 Å². The Hall–Kier alpha value is -0.963. The monoisotopic (exact) mass is 196 g/mol. The van der Waals surface area contributed by atoms with Crippen molar-refractivity contribution in [1.29, 1.82) is 0 Å². The van der Waals surface area contributed by atoms with Gasteiger partial charge in [-0.1, -0.05) is 12.1 Å². The Balaban J connectivity index is 2.93. The molecule has 0 spiro atoms. The first kappa shape index (κ1) is 10.1. The number of methoxy groups -OCH3 is 2. The highest BCUT2D eigenvalue weighted by atomic mass is 28.1. The summed E-state index contributed by atoms with van der Waals surface area (Å²) in [4.78, 5) is 0. The Labute approximate surface area is 82.3 Å². The molecule has 0 N–H and O–H groups in total. The summed E-state index contributed by atoms with van der Waals surface area (Å²) >= 11 is 0. The van der Waals surface area contributed by atoms with E-state index in [1.54, 1.807) is 14.2 Å². The highest BCUT2D eigenvalue weighted by Crippen LogP contribution is 2.25. The van der Waals surface area contributed by atoms with Gasteiger partial charge in [0.1, 0.15) is 11.5 Å². The van der Waals surface area contributed by atoms with Crippen molar-refractivity contribution in [3.8, 4) is 11.5 Å². The van der Waals surface area contributed by atoms with Crippen molar-refractivity contribution < 1.29 is 9.47 Å². The van der Waals surface area contributed by atoms with Crippen LogP contribution >= 0.6 is 0 Å². The molecule has 0 bridgehead atoms. The van der Waals surface area contributed by atoms with Gasteiger partial charge in [0, 0.05) is 16.3 Å². The summed E-state index contributed by atoms with van der Waals surface area (Å²) in [7, 11) is 4.60. The molecule has 0 amide bonds. The van der Waals surface area contributed by atoms with E-state index in [0.29, 0.717) is 0 Å². The SMILES string of the molecule is COc1ccc(CC[SiH3])c(OC)c1. The quantitative estimate of drug-likeness (QED) is 0.670. The van der Waals surface area contributed by atoms with Crippen LogP contribution in [0.3, 0.4) is 0 Å². The zero-order valence-corrected chi connectivity index (χ0v) is 10.5. The third-order valence-corrected chi connectivity index (χ3v) is 2.51. The van der Waals surface area contributed by atoms with Crippen LogP contribution in [0, 0.1) is 0 Å². The highest BCUT2D eigenvalue weighted by Gasteiger charge is 2.02. The third-order valence-electron chi connectivity index (χ3n) is 2.01.